The molecule has 2 amide bonds. The molecule has 0 aromatic heterocycles. The molecule has 2 aromatic carbocycles. The van der Waals surface area contributed by atoms with E-state index in [1.54, 1.807) is 6.08 Å². The number of halogens is 3. The first kappa shape index (κ1) is 21.7. The van der Waals surface area contributed by atoms with Gasteiger partial charge in [-0.05, 0) is 98.4 Å². The maximum absolute atomic E-state index is 12.3. The Morgan fingerprint density at radius 2 is 1.82 bits per heavy atom. The number of amides is 2. The molecule has 0 bridgehead atoms. The van der Waals surface area contributed by atoms with Gasteiger partial charge in [0.05, 0.1) is 18.6 Å². The molecule has 0 spiro atoms. The number of imide groups is 1. The van der Waals surface area contributed by atoms with Crippen LogP contribution in [0.2, 0.25) is 0 Å². The van der Waals surface area contributed by atoms with Crippen LogP contribution in [0, 0.1) is 19.5 Å². The monoisotopic (exact) mass is 679 g/mol. The smallest absolute Gasteiger partial charge is 0.294 e. The summed E-state index contributed by atoms with van der Waals surface area (Å²) in [5, 5.41) is -0.340. The van der Waals surface area contributed by atoms with Gasteiger partial charge in [-0.25, -0.2) is 0 Å². The zero-order valence-electron chi connectivity index (χ0n) is 14.2. The van der Waals surface area contributed by atoms with Crippen LogP contribution in [0.5, 0.6) is 5.75 Å². The van der Waals surface area contributed by atoms with Gasteiger partial charge in [0.2, 0.25) is 0 Å². The molecule has 8 heteroatoms. The SMILES string of the molecule is C#CCN1C(=O)S/C(=C\c2cc(I)c(OCc3ccc(Br)cc3)c(I)c2)C1=O. The predicted molar refractivity (Wildman–Crippen MR) is 132 cm³/mol. The lowest BCUT2D eigenvalue weighted by atomic mass is 10.2. The van der Waals surface area contributed by atoms with Crippen molar-refractivity contribution in [2.24, 2.45) is 0 Å². The van der Waals surface area contributed by atoms with Gasteiger partial charge in [0.15, 0.2) is 0 Å². The van der Waals surface area contributed by atoms with Gasteiger partial charge in [-0.1, -0.05) is 34.0 Å². The van der Waals surface area contributed by atoms with Gasteiger partial charge in [-0.15, -0.1) is 6.42 Å². The average Bonchev–Trinajstić information content (AvgIpc) is 2.90. The Kier molecular flexibility index (Phi) is 7.47. The molecule has 0 N–H and O–H groups in total. The van der Waals surface area contributed by atoms with Crippen molar-refractivity contribution in [3.8, 4) is 18.1 Å². The van der Waals surface area contributed by atoms with Crippen molar-refractivity contribution in [3.63, 3.8) is 0 Å². The molecule has 142 valence electrons. The van der Waals surface area contributed by atoms with Crippen LogP contribution in [0.3, 0.4) is 0 Å². The van der Waals surface area contributed by atoms with Gasteiger partial charge >= 0.3 is 0 Å². The Bertz CT molecular complexity index is 992. The molecular weight excluding hydrogens is 668 g/mol. The number of terminal acetylenes is 1. The highest BCUT2D eigenvalue weighted by Crippen LogP contribution is 2.35. The number of benzene rings is 2. The summed E-state index contributed by atoms with van der Waals surface area (Å²) >= 11 is 8.75. The zero-order valence-corrected chi connectivity index (χ0v) is 21.0. The molecule has 4 nitrogen and oxygen atoms in total. The number of nitrogens with zero attached hydrogens (tertiary/aromatic N) is 1. The molecule has 1 saturated heterocycles. The summed E-state index contributed by atoms with van der Waals surface area (Å²) in [5.74, 6) is 2.77. The Morgan fingerprint density at radius 3 is 2.43 bits per heavy atom. The molecule has 1 aliphatic heterocycles. The van der Waals surface area contributed by atoms with Crippen molar-refractivity contribution >= 4 is 90.1 Å². The minimum Gasteiger partial charge on any atom is -0.487 e. The molecule has 1 heterocycles. The molecule has 3 rings (SSSR count). The van der Waals surface area contributed by atoms with Crippen LogP contribution in [0.4, 0.5) is 4.79 Å². The number of thioether (sulfide) groups is 1. The fourth-order valence-corrected chi connectivity index (χ4v) is 5.65. The van der Waals surface area contributed by atoms with E-state index in [1.165, 1.54) is 0 Å². The normalized spacial score (nSPS) is 15.2. The van der Waals surface area contributed by atoms with Crippen LogP contribution in [0.15, 0.2) is 45.8 Å². The topological polar surface area (TPSA) is 46.6 Å². The van der Waals surface area contributed by atoms with Crippen LogP contribution in [0.1, 0.15) is 11.1 Å². The minimum absolute atomic E-state index is 0.0140. The fourth-order valence-electron chi connectivity index (χ4n) is 2.42. The third-order valence-corrected chi connectivity index (χ3v) is 6.78. The van der Waals surface area contributed by atoms with Crippen molar-refractivity contribution in [1.82, 2.24) is 4.90 Å². The Morgan fingerprint density at radius 1 is 1.18 bits per heavy atom. The highest BCUT2D eigenvalue weighted by Gasteiger charge is 2.34. The Balaban J connectivity index is 1.78. The lowest BCUT2D eigenvalue weighted by Gasteiger charge is -2.12. The molecule has 0 radical (unpaired) electrons. The van der Waals surface area contributed by atoms with Crippen LogP contribution in [-0.2, 0) is 11.4 Å². The van der Waals surface area contributed by atoms with E-state index in [-0.39, 0.29) is 17.7 Å². The van der Waals surface area contributed by atoms with Crippen LogP contribution in [0.25, 0.3) is 6.08 Å². The van der Waals surface area contributed by atoms with Crippen molar-refractivity contribution in [2.75, 3.05) is 6.54 Å². The highest BCUT2D eigenvalue weighted by molar-refractivity contribution is 14.1. The Hall–Kier alpha value is -1.03. The third-order valence-electron chi connectivity index (χ3n) is 3.74. The average molecular weight is 680 g/mol. The molecule has 28 heavy (non-hydrogen) atoms. The second-order valence-corrected chi connectivity index (χ2v) is 9.93. The van der Waals surface area contributed by atoms with Crippen LogP contribution < -0.4 is 4.74 Å². The van der Waals surface area contributed by atoms with E-state index in [4.69, 9.17) is 11.2 Å². The lowest BCUT2D eigenvalue weighted by molar-refractivity contribution is -0.122. The van der Waals surface area contributed by atoms with Gasteiger partial charge in [0.1, 0.15) is 12.4 Å². The summed E-state index contributed by atoms with van der Waals surface area (Å²) in [4.78, 5) is 25.7. The van der Waals surface area contributed by atoms with Gasteiger partial charge in [0.25, 0.3) is 11.1 Å². The molecule has 0 aliphatic carbocycles. The van der Waals surface area contributed by atoms with Crippen molar-refractivity contribution < 1.29 is 14.3 Å². The lowest BCUT2D eigenvalue weighted by Crippen LogP contribution is -2.28. The first-order valence-electron chi connectivity index (χ1n) is 7.94. The van der Waals surface area contributed by atoms with E-state index in [0.29, 0.717) is 11.5 Å². The predicted octanol–water partition coefficient (Wildman–Crippen LogP) is 5.91. The van der Waals surface area contributed by atoms with E-state index in [9.17, 15) is 9.59 Å². The number of ether oxygens (including phenoxy) is 1. The molecule has 1 fully saturated rings. The molecule has 0 atom stereocenters. The standard InChI is InChI=1S/C20H12BrI2NO3S/c1-2-7-24-19(25)17(28-20(24)26)10-13-8-15(22)18(16(23)9-13)27-11-12-3-5-14(21)6-4-12/h1,3-6,8-10H,7,11H2/b17-10-. The van der Waals surface area contributed by atoms with E-state index in [0.717, 1.165) is 45.2 Å². The molecular formula is C20H12BrI2NO3S. The zero-order chi connectivity index (χ0) is 20.3. The number of carbonyl (C=O) groups excluding carboxylic acids is 2. The van der Waals surface area contributed by atoms with E-state index in [1.807, 2.05) is 36.4 Å². The minimum atomic E-state index is -0.353. The summed E-state index contributed by atoms with van der Waals surface area (Å²) < 4.78 is 8.88. The van der Waals surface area contributed by atoms with Gasteiger partial charge in [-0.3, -0.25) is 14.5 Å². The maximum atomic E-state index is 12.3. The number of carbonyl (C=O) groups is 2. The Labute approximate surface area is 202 Å². The summed E-state index contributed by atoms with van der Waals surface area (Å²) in [6, 6.07) is 11.8. The maximum Gasteiger partial charge on any atom is 0.294 e. The van der Waals surface area contributed by atoms with Crippen LogP contribution in [-0.4, -0.2) is 22.6 Å². The third kappa shape index (κ3) is 5.11. The van der Waals surface area contributed by atoms with E-state index >= 15 is 0 Å². The summed E-state index contributed by atoms with van der Waals surface area (Å²) in [6.07, 6.45) is 6.93. The summed E-state index contributed by atoms with van der Waals surface area (Å²) in [6.45, 7) is 0.448. The fraction of sp³-hybridized carbons (Fsp3) is 0.100. The van der Waals surface area contributed by atoms with E-state index in [2.05, 4.69) is 67.0 Å². The molecule has 2 aromatic rings. The van der Waals surface area contributed by atoms with Crippen molar-refractivity contribution in [2.45, 2.75) is 6.61 Å². The van der Waals surface area contributed by atoms with Gasteiger partial charge in [-0.2, -0.15) is 0 Å². The molecule has 0 unspecified atom stereocenters. The molecule has 1 aliphatic rings. The van der Waals surface area contributed by atoms with Gasteiger partial charge < -0.3 is 4.74 Å². The van der Waals surface area contributed by atoms with Gasteiger partial charge in [0, 0.05) is 4.47 Å². The summed E-state index contributed by atoms with van der Waals surface area (Å²) in [7, 11) is 0. The van der Waals surface area contributed by atoms with Crippen LogP contribution >= 0.6 is 72.9 Å². The number of hydrogen-bond acceptors (Lipinski definition) is 4. The molecule has 0 saturated carbocycles. The first-order valence-corrected chi connectivity index (χ1v) is 11.7. The number of hydrogen-bond donors (Lipinski definition) is 0. The second kappa shape index (κ2) is 9.65. The summed E-state index contributed by atoms with van der Waals surface area (Å²) in [5.41, 5.74) is 1.90. The number of rotatable bonds is 5. The second-order valence-electron chi connectivity index (χ2n) is 5.70. The van der Waals surface area contributed by atoms with Crippen molar-refractivity contribution in [1.29, 1.82) is 0 Å². The van der Waals surface area contributed by atoms with Crippen molar-refractivity contribution in [3.05, 3.63) is 64.0 Å². The quantitative estimate of drug-likeness (QED) is 0.224. The largest absolute Gasteiger partial charge is 0.487 e. The highest BCUT2D eigenvalue weighted by atomic mass is 127. The first-order chi connectivity index (χ1) is 13.4. The van der Waals surface area contributed by atoms with E-state index < -0.39 is 0 Å².